The summed E-state index contributed by atoms with van der Waals surface area (Å²) in [6.45, 7) is 0.997. The van der Waals surface area contributed by atoms with Gasteiger partial charge >= 0.3 is 0 Å². The Bertz CT molecular complexity index is 862. The van der Waals surface area contributed by atoms with Crippen LogP contribution in [0.2, 0.25) is 0 Å². The zero-order chi connectivity index (χ0) is 20.6. The minimum absolute atomic E-state index is 0.0226. The maximum absolute atomic E-state index is 13.0. The highest BCUT2D eigenvalue weighted by Crippen LogP contribution is 2.32. The first-order valence-corrected chi connectivity index (χ1v) is 9.86. The molecular weight excluding hydrogens is 368 g/mol. The van der Waals surface area contributed by atoms with Crippen LogP contribution in [0, 0.1) is 0 Å². The second-order valence-corrected chi connectivity index (χ2v) is 6.89. The molecule has 0 atom stereocenters. The lowest BCUT2D eigenvalue weighted by Gasteiger charge is -2.26. The van der Waals surface area contributed by atoms with E-state index in [1.807, 2.05) is 23.1 Å². The molecule has 0 aromatic heterocycles. The summed E-state index contributed by atoms with van der Waals surface area (Å²) in [6, 6.07) is 12.9. The molecule has 0 fully saturated rings. The Hall–Kier alpha value is -3.02. The van der Waals surface area contributed by atoms with Crippen LogP contribution in [0.25, 0.3) is 0 Å². The summed E-state index contributed by atoms with van der Waals surface area (Å²) in [5.41, 5.74) is 1.51. The Morgan fingerprint density at radius 3 is 2.38 bits per heavy atom. The van der Waals surface area contributed by atoms with Crippen LogP contribution in [0.4, 0.5) is 5.69 Å². The molecule has 1 aliphatic rings. The predicted molar refractivity (Wildman–Crippen MR) is 115 cm³/mol. The van der Waals surface area contributed by atoms with Crippen molar-refractivity contribution in [1.29, 1.82) is 0 Å². The van der Waals surface area contributed by atoms with Gasteiger partial charge in [-0.05, 0) is 49.2 Å². The van der Waals surface area contributed by atoms with E-state index in [0.717, 1.165) is 49.5 Å². The average molecular weight is 396 g/mol. The molecule has 1 aliphatic heterocycles. The number of benzene rings is 2. The van der Waals surface area contributed by atoms with Crippen LogP contribution < -0.4 is 19.1 Å². The molecule has 6 heteroatoms. The van der Waals surface area contributed by atoms with Crippen molar-refractivity contribution in [3.05, 3.63) is 48.0 Å². The molecule has 0 unspecified atom stereocenters. The van der Waals surface area contributed by atoms with Gasteiger partial charge in [0.25, 0.3) is 0 Å². The van der Waals surface area contributed by atoms with Crippen molar-refractivity contribution in [3.8, 4) is 17.2 Å². The standard InChI is InChI=1S/C23H28N2O4/c1-27-19-11-8-17(9-12-19)20(26)16-25(23-7-5-4-6-14-24-23)18-10-13-21(28-2)22(15-18)29-3/h8-13,15H,4-7,14,16H2,1-3H3. The number of nitrogens with zero attached hydrogens (tertiary/aromatic N) is 2. The monoisotopic (exact) mass is 396 g/mol. The van der Waals surface area contributed by atoms with E-state index in [9.17, 15) is 4.79 Å². The van der Waals surface area contributed by atoms with Gasteiger partial charge in [-0.2, -0.15) is 0 Å². The van der Waals surface area contributed by atoms with Gasteiger partial charge in [0.15, 0.2) is 17.3 Å². The predicted octanol–water partition coefficient (Wildman–Crippen LogP) is 4.37. The molecule has 154 valence electrons. The molecule has 0 radical (unpaired) electrons. The molecule has 0 saturated carbocycles. The quantitative estimate of drug-likeness (QED) is 0.650. The molecule has 0 N–H and O–H groups in total. The first kappa shape index (κ1) is 20.7. The lowest BCUT2D eigenvalue weighted by atomic mass is 10.1. The molecule has 2 aromatic carbocycles. The minimum Gasteiger partial charge on any atom is -0.497 e. The van der Waals surface area contributed by atoms with Crippen molar-refractivity contribution in [3.63, 3.8) is 0 Å². The number of aliphatic imine (C=N–C) groups is 1. The fourth-order valence-corrected chi connectivity index (χ4v) is 3.42. The van der Waals surface area contributed by atoms with Crippen LogP contribution >= 0.6 is 0 Å². The normalized spacial score (nSPS) is 13.8. The van der Waals surface area contributed by atoms with Crippen LogP contribution in [0.1, 0.15) is 36.0 Å². The Morgan fingerprint density at radius 2 is 1.69 bits per heavy atom. The van der Waals surface area contributed by atoms with E-state index >= 15 is 0 Å². The fraction of sp³-hybridized carbons (Fsp3) is 0.391. The highest BCUT2D eigenvalue weighted by Gasteiger charge is 2.21. The molecule has 0 amide bonds. The van der Waals surface area contributed by atoms with Crippen LogP contribution in [0.3, 0.4) is 0 Å². The number of ether oxygens (including phenoxy) is 3. The topological polar surface area (TPSA) is 60.4 Å². The summed E-state index contributed by atoms with van der Waals surface area (Å²) >= 11 is 0. The summed E-state index contributed by atoms with van der Waals surface area (Å²) in [5, 5.41) is 0. The molecule has 1 heterocycles. The number of hydrogen-bond donors (Lipinski definition) is 0. The van der Waals surface area contributed by atoms with Crippen molar-refractivity contribution < 1.29 is 19.0 Å². The van der Waals surface area contributed by atoms with Crippen molar-refractivity contribution in [2.45, 2.75) is 25.7 Å². The number of anilines is 1. The maximum Gasteiger partial charge on any atom is 0.182 e. The summed E-state index contributed by atoms with van der Waals surface area (Å²) < 4.78 is 16.0. The van der Waals surface area contributed by atoms with Gasteiger partial charge in [-0.15, -0.1) is 0 Å². The molecule has 0 saturated heterocycles. The molecule has 29 heavy (non-hydrogen) atoms. The summed E-state index contributed by atoms with van der Waals surface area (Å²) in [5.74, 6) is 2.97. The zero-order valence-corrected chi connectivity index (χ0v) is 17.3. The first-order valence-electron chi connectivity index (χ1n) is 9.86. The van der Waals surface area contributed by atoms with E-state index in [1.165, 1.54) is 0 Å². The van der Waals surface area contributed by atoms with E-state index in [0.29, 0.717) is 17.1 Å². The van der Waals surface area contributed by atoms with Gasteiger partial charge in [0.1, 0.15) is 11.6 Å². The number of rotatable bonds is 7. The van der Waals surface area contributed by atoms with E-state index in [2.05, 4.69) is 0 Å². The van der Waals surface area contributed by atoms with E-state index in [-0.39, 0.29) is 12.3 Å². The summed E-state index contributed by atoms with van der Waals surface area (Å²) in [4.78, 5) is 19.8. The van der Waals surface area contributed by atoms with Gasteiger partial charge in [0.2, 0.25) is 0 Å². The Morgan fingerprint density at radius 1 is 0.931 bits per heavy atom. The Kier molecular flexibility index (Phi) is 7.11. The van der Waals surface area contributed by atoms with E-state index in [1.54, 1.807) is 45.6 Å². The summed E-state index contributed by atoms with van der Waals surface area (Å²) in [6.07, 6.45) is 4.15. The number of Topliss-reactive ketones (excluding diaryl/α,β-unsaturated/α-hetero) is 1. The van der Waals surface area contributed by atoms with Crippen LogP contribution in [-0.2, 0) is 0 Å². The highest BCUT2D eigenvalue weighted by molar-refractivity contribution is 6.07. The number of methoxy groups -OCH3 is 3. The number of carbonyl (C=O) groups excluding carboxylic acids is 1. The molecule has 0 aliphatic carbocycles. The molecule has 2 aromatic rings. The van der Waals surface area contributed by atoms with Gasteiger partial charge in [0, 0.05) is 30.3 Å². The number of carbonyl (C=O) groups is 1. The fourth-order valence-electron chi connectivity index (χ4n) is 3.42. The van der Waals surface area contributed by atoms with Crippen molar-refractivity contribution >= 4 is 17.3 Å². The van der Waals surface area contributed by atoms with Gasteiger partial charge in [-0.1, -0.05) is 6.42 Å². The largest absolute Gasteiger partial charge is 0.497 e. The van der Waals surface area contributed by atoms with Gasteiger partial charge in [0.05, 0.1) is 27.9 Å². The third-order valence-corrected chi connectivity index (χ3v) is 5.06. The maximum atomic E-state index is 13.0. The number of ketones is 1. The van der Waals surface area contributed by atoms with Crippen LogP contribution in [0.5, 0.6) is 17.2 Å². The highest BCUT2D eigenvalue weighted by atomic mass is 16.5. The zero-order valence-electron chi connectivity index (χ0n) is 17.3. The number of amidine groups is 1. The van der Waals surface area contributed by atoms with E-state index < -0.39 is 0 Å². The van der Waals surface area contributed by atoms with Crippen LogP contribution in [-0.4, -0.2) is 46.0 Å². The summed E-state index contributed by atoms with van der Waals surface area (Å²) in [7, 11) is 4.83. The van der Waals surface area contributed by atoms with Crippen molar-refractivity contribution in [2.75, 3.05) is 39.3 Å². The minimum atomic E-state index is 0.0226. The Labute approximate surface area is 172 Å². The molecule has 3 rings (SSSR count). The van der Waals surface area contributed by atoms with Crippen molar-refractivity contribution in [2.24, 2.45) is 4.99 Å². The SMILES string of the molecule is COc1ccc(C(=O)CN(C2=NCCCCC2)c2ccc(OC)c(OC)c2)cc1. The van der Waals surface area contributed by atoms with Crippen molar-refractivity contribution in [1.82, 2.24) is 0 Å². The van der Waals surface area contributed by atoms with Gasteiger partial charge < -0.3 is 19.1 Å². The van der Waals surface area contributed by atoms with E-state index in [4.69, 9.17) is 19.2 Å². The number of hydrogen-bond acceptors (Lipinski definition) is 6. The Balaban J connectivity index is 1.92. The lowest BCUT2D eigenvalue weighted by Crippen LogP contribution is -2.36. The third kappa shape index (κ3) is 5.08. The lowest BCUT2D eigenvalue weighted by molar-refractivity contribution is 0.100. The third-order valence-electron chi connectivity index (χ3n) is 5.06. The second-order valence-electron chi connectivity index (χ2n) is 6.89. The molecular formula is C23H28N2O4. The van der Waals surface area contributed by atoms with Gasteiger partial charge in [-0.25, -0.2) is 0 Å². The molecule has 0 spiro atoms. The smallest absolute Gasteiger partial charge is 0.182 e. The van der Waals surface area contributed by atoms with Crippen LogP contribution in [0.15, 0.2) is 47.5 Å². The average Bonchev–Trinajstić information content (AvgIpc) is 3.06. The molecule has 6 nitrogen and oxygen atoms in total. The second kappa shape index (κ2) is 9.96. The first-order chi connectivity index (χ1) is 14.2. The van der Waals surface area contributed by atoms with Gasteiger partial charge in [-0.3, -0.25) is 9.79 Å². The molecule has 0 bridgehead atoms.